The molecule has 2 N–H and O–H groups in total. The Morgan fingerprint density at radius 1 is 1.23 bits per heavy atom. The van der Waals surface area contributed by atoms with Crippen LogP contribution in [0.15, 0.2) is 35.3 Å². The number of hydrogen-bond donors (Lipinski definition) is 2. The predicted octanol–water partition coefficient (Wildman–Crippen LogP) is 2.05. The predicted molar refractivity (Wildman–Crippen MR) is 101 cm³/mol. The van der Waals surface area contributed by atoms with Crippen LogP contribution in [0.1, 0.15) is 47.3 Å². The Labute approximate surface area is 152 Å². The summed E-state index contributed by atoms with van der Waals surface area (Å²) < 4.78 is 0. The van der Waals surface area contributed by atoms with Gasteiger partial charge in [-0.2, -0.15) is 0 Å². The SMILES string of the molecule is O=C(N[C@@H]1CCCN(c2ccccn2)C1)c1cc2c([nH]c1=O)CCCC2. The zero-order chi connectivity index (χ0) is 17.9. The minimum atomic E-state index is -0.277. The maximum Gasteiger partial charge on any atom is 0.261 e. The van der Waals surface area contributed by atoms with E-state index in [-0.39, 0.29) is 23.1 Å². The highest BCUT2D eigenvalue weighted by atomic mass is 16.2. The number of H-pyrrole nitrogens is 1. The van der Waals surface area contributed by atoms with Gasteiger partial charge in [0.05, 0.1) is 0 Å². The summed E-state index contributed by atoms with van der Waals surface area (Å²) in [4.78, 5) is 34.5. The van der Waals surface area contributed by atoms with Crippen molar-refractivity contribution in [2.75, 3.05) is 18.0 Å². The molecule has 1 saturated heterocycles. The lowest BCUT2D eigenvalue weighted by Gasteiger charge is -2.34. The van der Waals surface area contributed by atoms with Gasteiger partial charge < -0.3 is 15.2 Å². The molecule has 136 valence electrons. The second-order valence-corrected chi connectivity index (χ2v) is 7.17. The molecule has 0 radical (unpaired) electrons. The first-order chi connectivity index (χ1) is 12.7. The molecule has 2 aromatic rings. The van der Waals surface area contributed by atoms with Crippen molar-refractivity contribution in [3.8, 4) is 0 Å². The molecule has 1 aliphatic heterocycles. The molecule has 0 saturated carbocycles. The van der Waals surface area contributed by atoms with Crippen molar-refractivity contribution in [3.63, 3.8) is 0 Å². The van der Waals surface area contributed by atoms with E-state index in [9.17, 15) is 9.59 Å². The lowest BCUT2D eigenvalue weighted by molar-refractivity contribution is 0.0931. The lowest BCUT2D eigenvalue weighted by Crippen LogP contribution is -2.48. The summed E-state index contributed by atoms with van der Waals surface area (Å²) in [5.41, 5.74) is 2.07. The Bertz CT molecular complexity index is 847. The van der Waals surface area contributed by atoms with Gasteiger partial charge in [-0.3, -0.25) is 9.59 Å². The Kier molecular flexibility index (Phi) is 4.73. The van der Waals surface area contributed by atoms with E-state index in [0.717, 1.165) is 62.1 Å². The quantitative estimate of drug-likeness (QED) is 0.886. The molecular formula is C20H24N4O2. The number of pyridine rings is 2. The Hall–Kier alpha value is -2.63. The van der Waals surface area contributed by atoms with Crippen LogP contribution in [-0.2, 0) is 12.8 Å². The summed E-state index contributed by atoms with van der Waals surface area (Å²) >= 11 is 0. The van der Waals surface area contributed by atoms with E-state index in [1.54, 1.807) is 12.3 Å². The highest BCUT2D eigenvalue weighted by molar-refractivity contribution is 5.94. The number of aromatic amines is 1. The molecule has 1 amide bonds. The standard InChI is InChI=1S/C20H24N4O2/c25-19(16-12-14-6-1-2-8-17(14)23-20(16)26)22-15-7-5-11-24(13-15)18-9-3-4-10-21-18/h3-4,9-10,12,15H,1-2,5-8,11,13H2,(H,22,25)(H,23,26)/t15-/m1/s1. The average molecular weight is 352 g/mol. The molecule has 3 heterocycles. The number of piperidine rings is 1. The number of aromatic nitrogens is 2. The van der Waals surface area contributed by atoms with E-state index in [1.165, 1.54) is 0 Å². The number of amides is 1. The summed E-state index contributed by atoms with van der Waals surface area (Å²) in [5, 5.41) is 3.05. The molecule has 2 aliphatic rings. The molecule has 0 bridgehead atoms. The number of rotatable bonds is 3. The van der Waals surface area contributed by atoms with Gasteiger partial charge in [0.25, 0.3) is 11.5 Å². The fourth-order valence-corrected chi connectivity index (χ4v) is 3.95. The molecule has 6 heteroatoms. The molecule has 4 rings (SSSR count). The van der Waals surface area contributed by atoms with Gasteiger partial charge in [0, 0.05) is 31.0 Å². The molecule has 2 aromatic heterocycles. The molecule has 26 heavy (non-hydrogen) atoms. The van der Waals surface area contributed by atoms with Crippen LogP contribution in [0.4, 0.5) is 5.82 Å². The van der Waals surface area contributed by atoms with E-state index < -0.39 is 0 Å². The number of fused-ring (bicyclic) bond motifs is 1. The van der Waals surface area contributed by atoms with Crippen LogP contribution in [0.2, 0.25) is 0 Å². The number of carbonyl (C=O) groups is 1. The van der Waals surface area contributed by atoms with Crippen molar-refractivity contribution >= 4 is 11.7 Å². The Morgan fingerprint density at radius 2 is 2.12 bits per heavy atom. The Morgan fingerprint density at radius 3 is 2.96 bits per heavy atom. The molecule has 0 aromatic carbocycles. The zero-order valence-electron chi connectivity index (χ0n) is 14.8. The normalized spacial score (nSPS) is 19.7. The highest BCUT2D eigenvalue weighted by Gasteiger charge is 2.24. The van der Waals surface area contributed by atoms with Crippen molar-refractivity contribution in [1.82, 2.24) is 15.3 Å². The van der Waals surface area contributed by atoms with Gasteiger partial charge in [-0.25, -0.2) is 4.98 Å². The van der Waals surface area contributed by atoms with Gasteiger partial charge in [0.1, 0.15) is 11.4 Å². The second-order valence-electron chi connectivity index (χ2n) is 7.17. The van der Waals surface area contributed by atoms with Crippen LogP contribution in [0.3, 0.4) is 0 Å². The number of carbonyl (C=O) groups excluding carboxylic acids is 1. The first-order valence-electron chi connectivity index (χ1n) is 9.42. The van der Waals surface area contributed by atoms with Gasteiger partial charge in [-0.05, 0) is 62.3 Å². The van der Waals surface area contributed by atoms with E-state index in [0.29, 0.717) is 6.54 Å². The number of aryl methyl sites for hydroxylation is 2. The molecule has 1 atom stereocenters. The number of anilines is 1. The van der Waals surface area contributed by atoms with E-state index in [2.05, 4.69) is 20.2 Å². The summed E-state index contributed by atoms with van der Waals surface area (Å²) in [6.45, 7) is 1.65. The van der Waals surface area contributed by atoms with Crippen LogP contribution in [-0.4, -0.2) is 35.0 Å². The van der Waals surface area contributed by atoms with Crippen molar-refractivity contribution in [2.24, 2.45) is 0 Å². The van der Waals surface area contributed by atoms with Crippen LogP contribution in [0.25, 0.3) is 0 Å². The molecule has 1 aliphatic carbocycles. The Balaban J connectivity index is 1.47. The number of hydrogen-bond acceptors (Lipinski definition) is 4. The third-order valence-electron chi connectivity index (χ3n) is 5.31. The largest absolute Gasteiger partial charge is 0.355 e. The molecule has 6 nitrogen and oxygen atoms in total. The van der Waals surface area contributed by atoms with Crippen LogP contribution < -0.4 is 15.8 Å². The molecule has 0 spiro atoms. The maximum atomic E-state index is 12.7. The smallest absolute Gasteiger partial charge is 0.261 e. The van der Waals surface area contributed by atoms with Gasteiger partial charge in [-0.1, -0.05) is 6.07 Å². The van der Waals surface area contributed by atoms with Gasteiger partial charge in [0.2, 0.25) is 0 Å². The topological polar surface area (TPSA) is 78.1 Å². The van der Waals surface area contributed by atoms with Crippen LogP contribution >= 0.6 is 0 Å². The summed E-state index contributed by atoms with van der Waals surface area (Å²) in [6, 6.07) is 7.67. The fourth-order valence-electron chi connectivity index (χ4n) is 3.95. The summed E-state index contributed by atoms with van der Waals surface area (Å²) in [7, 11) is 0. The zero-order valence-corrected chi connectivity index (χ0v) is 14.8. The van der Waals surface area contributed by atoms with Gasteiger partial charge in [0.15, 0.2) is 0 Å². The van der Waals surface area contributed by atoms with Crippen LogP contribution in [0, 0.1) is 0 Å². The van der Waals surface area contributed by atoms with E-state index in [1.807, 2.05) is 18.2 Å². The molecule has 0 unspecified atom stereocenters. The first-order valence-corrected chi connectivity index (χ1v) is 9.42. The fraction of sp³-hybridized carbons (Fsp3) is 0.450. The second kappa shape index (κ2) is 7.32. The third-order valence-corrected chi connectivity index (χ3v) is 5.31. The number of nitrogens with zero attached hydrogens (tertiary/aromatic N) is 2. The highest BCUT2D eigenvalue weighted by Crippen LogP contribution is 2.20. The minimum absolute atomic E-state index is 0.0219. The average Bonchev–Trinajstić information content (AvgIpc) is 2.68. The lowest BCUT2D eigenvalue weighted by atomic mass is 9.95. The first kappa shape index (κ1) is 16.8. The third kappa shape index (κ3) is 3.49. The molecular weight excluding hydrogens is 328 g/mol. The van der Waals surface area contributed by atoms with Crippen molar-refractivity contribution in [1.29, 1.82) is 0 Å². The van der Waals surface area contributed by atoms with E-state index >= 15 is 0 Å². The van der Waals surface area contributed by atoms with Crippen molar-refractivity contribution in [2.45, 2.75) is 44.6 Å². The van der Waals surface area contributed by atoms with Crippen molar-refractivity contribution in [3.05, 3.63) is 57.6 Å². The minimum Gasteiger partial charge on any atom is -0.355 e. The van der Waals surface area contributed by atoms with Crippen molar-refractivity contribution < 1.29 is 4.79 Å². The van der Waals surface area contributed by atoms with E-state index in [4.69, 9.17) is 0 Å². The van der Waals surface area contributed by atoms with Gasteiger partial charge >= 0.3 is 0 Å². The maximum absolute atomic E-state index is 12.7. The summed E-state index contributed by atoms with van der Waals surface area (Å²) in [5.74, 6) is 0.658. The molecule has 1 fully saturated rings. The van der Waals surface area contributed by atoms with Gasteiger partial charge in [-0.15, -0.1) is 0 Å². The monoisotopic (exact) mass is 352 g/mol. The summed E-state index contributed by atoms with van der Waals surface area (Å²) in [6.07, 6.45) is 7.73. The number of nitrogens with one attached hydrogen (secondary N) is 2. The van der Waals surface area contributed by atoms with Crippen LogP contribution in [0.5, 0.6) is 0 Å².